The van der Waals surface area contributed by atoms with Gasteiger partial charge in [0.25, 0.3) is 0 Å². The van der Waals surface area contributed by atoms with Gasteiger partial charge in [0.2, 0.25) is 0 Å². The van der Waals surface area contributed by atoms with E-state index in [4.69, 9.17) is 9.94 Å². The van der Waals surface area contributed by atoms with Crippen LogP contribution in [0.15, 0.2) is 41.6 Å². The van der Waals surface area contributed by atoms with Crippen molar-refractivity contribution in [2.75, 3.05) is 6.54 Å². The number of hydrogen-bond donors (Lipinski definition) is 2. The number of alkyl halides is 3. The molecule has 1 fully saturated rings. The minimum atomic E-state index is -4.40. The Bertz CT molecular complexity index is 1060. The molecule has 36 heavy (non-hydrogen) atoms. The van der Waals surface area contributed by atoms with E-state index in [2.05, 4.69) is 10.5 Å². The van der Waals surface area contributed by atoms with Crippen molar-refractivity contribution in [3.63, 3.8) is 0 Å². The maximum atomic E-state index is 13.8. The van der Waals surface area contributed by atoms with Gasteiger partial charge < -0.3 is 15.3 Å². The fourth-order valence-corrected chi connectivity index (χ4v) is 4.74. The average molecular weight is 505 g/mol. The van der Waals surface area contributed by atoms with Gasteiger partial charge in [-0.05, 0) is 72.1 Å². The summed E-state index contributed by atoms with van der Waals surface area (Å²) in [5, 5.41) is 16.0. The van der Waals surface area contributed by atoms with Gasteiger partial charge in [-0.3, -0.25) is 4.79 Å². The molecule has 5 nitrogen and oxygen atoms in total. The monoisotopic (exact) mass is 504 g/mol. The molecular formula is C28H35F3N2O3. The summed E-state index contributed by atoms with van der Waals surface area (Å²) in [6.07, 6.45) is 1.11. The number of carboxylic acid groups (broad SMARTS) is 1. The zero-order chi connectivity index (χ0) is 26.1. The molecule has 1 saturated carbocycles. The third-order valence-electron chi connectivity index (χ3n) is 6.74. The van der Waals surface area contributed by atoms with Crippen LogP contribution in [0.3, 0.4) is 0 Å². The summed E-state index contributed by atoms with van der Waals surface area (Å²) >= 11 is 0. The molecule has 0 heterocycles. The quantitative estimate of drug-likeness (QED) is 0.200. The molecule has 0 spiro atoms. The van der Waals surface area contributed by atoms with Crippen molar-refractivity contribution in [2.45, 2.75) is 84.0 Å². The highest BCUT2D eigenvalue weighted by Crippen LogP contribution is 2.41. The number of hydrogen-bond acceptors (Lipinski definition) is 4. The van der Waals surface area contributed by atoms with Crippen LogP contribution in [0.1, 0.15) is 91.7 Å². The summed E-state index contributed by atoms with van der Waals surface area (Å²) in [5.41, 5.74) is 3.97. The van der Waals surface area contributed by atoms with Crippen molar-refractivity contribution >= 4 is 11.7 Å². The maximum Gasteiger partial charge on any atom is 0.416 e. The van der Waals surface area contributed by atoms with Gasteiger partial charge in [-0.2, -0.15) is 13.2 Å². The van der Waals surface area contributed by atoms with E-state index in [9.17, 15) is 18.0 Å². The zero-order valence-electron chi connectivity index (χ0n) is 21.0. The number of nitrogens with zero attached hydrogens (tertiary/aromatic N) is 1. The number of oxime groups is 1. The molecule has 2 aromatic rings. The number of benzene rings is 2. The van der Waals surface area contributed by atoms with Crippen LogP contribution in [-0.2, 0) is 35.4 Å². The summed E-state index contributed by atoms with van der Waals surface area (Å²) in [6.45, 7) is 4.76. The molecule has 0 unspecified atom stereocenters. The van der Waals surface area contributed by atoms with E-state index in [-0.39, 0.29) is 18.9 Å². The van der Waals surface area contributed by atoms with E-state index in [0.717, 1.165) is 55.2 Å². The lowest BCUT2D eigenvalue weighted by Crippen LogP contribution is -2.18. The first kappa shape index (κ1) is 27.7. The van der Waals surface area contributed by atoms with Crippen LogP contribution in [0, 0.1) is 0 Å². The fraction of sp³-hybridized carbons (Fsp3) is 0.500. The van der Waals surface area contributed by atoms with E-state index >= 15 is 0 Å². The number of aryl methyl sites for hydroxylation is 1. The lowest BCUT2D eigenvalue weighted by atomic mass is 9.81. The van der Waals surface area contributed by atoms with Crippen molar-refractivity contribution in [3.05, 3.63) is 69.8 Å². The third kappa shape index (κ3) is 7.82. The Morgan fingerprint density at radius 2 is 1.86 bits per heavy atom. The summed E-state index contributed by atoms with van der Waals surface area (Å²) < 4.78 is 41.4. The van der Waals surface area contributed by atoms with E-state index in [1.165, 1.54) is 6.07 Å². The molecule has 3 rings (SSSR count). The lowest BCUT2D eigenvalue weighted by Gasteiger charge is -2.25. The molecule has 0 aliphatic heterocycles. The predicted octanol–water partition coefficient (Wildman–Crippen LogP) is 6.82. The fourth-order valence-electron chi connectivity index (χ4n) is 4.74. The van der Waals surface area contributed by atoms with Crippen LogP contribution in [0.4, 0.5) is 13.2 Å². The Balaban J connectivity index is 1.66. The van der Waals surface area contributed by atoms with Crippen molar-refractivity contribution in [2.24, 2.45) is 5.16 Å². The number of halogens is 3. The summed E-state index contributed by atoms with van der Waals surface area (Å²) in [6, 6.07) is 10.4. The molecule has 196 valence electrons. The average Bonchev–Trinajstić information content (AvgIpc) is 2.86. The van der Waals surface area contributed by atoms with Gasteiger partial charge in [-0.25, -0.2) is 0 Å². The predicted molar refractivity (Wildman–Crippen MR) is 134 cm³/mol. The highest BCUT2D eigenvalue weighted by Gasteiger charge is 2.35. The maximum absolute atomic E-state index is 13.8. The lowest BCUT2D eigenvalue weighted by molar-refractivity contribution is -0.139. The van der Waals surface area contributed by atoms with Crippen molar-refractivity contribution in [1.82, 2.24) is 5.32 Å². The zero-order valence-corrected chi connectivity index (χ0v) is 21.0. The normalized spacial score (nSPS) is 15.2. The molecule has 0 amide bonds. The Hall–Kier alpha value is -2.87. The number of nitrogens with one attached hydrogen (secondary N) is 1. The Morgan fingerprint density at radius 3 is 2.53 bits per heavy atom. The topological polar surface area (TPSA) is 70.9 Å². The Morgan fingerprint density at radius 1 is 1.11 bits per heavy atom. The van der Waals surface area contributed by atoms with Crippen LogP contribution in [0.25, 0.3) is 0 Å². The standard InChI is InChI=1S/C28H35F3N2O3/c1-3-21-16-23(10-11-24(21)17-32-14-13-27(34)35)19(2)33-36-18-20-9-12-25(22-7-5-4-6-8-22)26(15-20)28(29,30)31/h9-12,15-16,22,32H,3-8,13-14,17-18H2,1-2H3,(H,34,35)/b33-19+. The molecule has 2 N–H and O–H groups in total. The summed E-state index contributed by atoms with van der Waals surface area (Å²) in [7, 11) is 0. The van der Waals surface area contributed by atoms with E-state index in [1.54, 1.807) is 19.1 Å². The highest BCUT2D eigenvalue weighted by atomic mass is 19.4. The molecule has 1 aliphatic rings. The largest absolute Gasteiger partial charge is 0.481 e. The molecule has 0 saturated heterocycles. The Labute approximate surface area is 210 Å². The van der Waals surface area contributed by atoms with E-state index < -0.39 is 17.7 Å². The number of rotatable bonds is 11. The second-order valence-corrected chi connectivity index (χ2v) is 9.36. The first-order valence-electron chi connectivity index (χ1n) is 12.6. The smallest absolute Gasteiger partial charge is 0.416 e. The molecular weight excluding hydrogens is 469 g/mol. The van der Waals surface area contributed by atoms with Crippen LogP contribution in [0.5, 0.6) is 0 Å². The number of aliphatic carboxylic acids is 1. The molecule has 2 aromatic carbocycles. The van der Waals surface area contributed by atoms with Gasteiger partial charge in [-0.15, -0.1) is 0 Å². The third-order valence-corrected chi connectivity index (χ3v) is 6.74. The van der Waals surface area contributed by atoms with Gasteiger partial charge in [0, 0.05) is 13.1 Å². The van der Waals surface area contributed by atoms with Crippen LogP contribution in [-0.4, -0.2) is 23.3 Å². The molecule has 0 atom stereocenters. The van der Waals surface area contributed by atoms with Gasteiger partial charge in [-0.1, -0.05) is 55.6 Å². The van der Waals surface area contributed by atoms with Gasteiger partial charge >= 0.3 is 12.1 Å². The van der Waals surface area contributed by atoms with Gasteiger partial charge in [0.05, 0.1) is 17.7 Å². The number of carboxylic acids is 1. The first-order valence-corrected chi connectivity index (χ1v) is 12.6. The summed E-state index contributed by atoms with van der Waals surface area (Å²) in [4.78, 5) is 16.1. The molecule has 0 aromatic heterocycles. The van der Waals surface area contributed by atoms with Crippen molar-refractivity contribution in [1.29, 1.82) is 0 Å². The molecule has 0 radical (unpaired) electrons. The van der Waals surface area contributed by atoms with Crippen LogP contribution < -0.4 is 5.32 Å². The Kier molecular flexibility index (Phi) is 9.93. The van der Waals surface area contributed by atoms with Crippen molar-refractivity contribution < 1.29 is 27.9 Å². The molecule has 8 heteroatoms. The van der Waals surface area contributed by atoms with Crippen LogP contribution in [0.2, 0.25) is 0 Å². The SMILES string of the molecule is CCc1cc(/C(C)=N/OCc2ccc(C3CCCCC3)c(C(F)(F)F)c2)ccc1CNCCC(=O)O. The highest BCUT2D eigenvalue weighted by molar-refractivity contribution is 5.98. The minimum Gasteiger partial charge on any atom is -0.481 e. The second-order valence-electron chi connectivity index (χ2n) is 9.36. The first-order chi connectivity index (χ1) is 17.2. The van der Waals surface area contributed by atoms with Crippen molar-refractivity contribution in [3.8, 4) is 0 Å². The molecule has 1 aliphatic carbocycles. The van der Waals surface area contributed by atoms with E-state index in [0.29, 0.717) is 29.9 Å². The summed E-state index contributed by atoms with van der Waals surface area (Å²) in [5.74, 6) is -0.871. The second kappa shape index (κ2) is 12.9. The van der Waals surface area contributed by atoms with Gasteiger partial charge in [0.15, 0.2) is 0 Å². The number of carbonyl (C=O) groups is 1. The van der Waals surface area contributed by atoms with Gasteiger partial charge in [0.1, 0.15) is 6.61 Å². The minimum absolute atomic E-state index is 0.0336. The van der Waals surface area contributed by atoms with Crippen LogP contribution >= 0.6 is 0 Å². The van der Waals surface area contributed by atoms with E-state index in [1.807, 2.05) is 25.1 Å². The molecule has 0 bridgehead atoms.